The zero-order valence-electron chi connectivity index (χ0n) is 17.5. The number of nitrogens with zero attached hydrogens (tertiary/aromatic N) is 2. The van der Waals surface area contributed by atoms with Crippen LogP contribution < -0.4 is 10.1 Å². The molecule has 3 aliphatic heterocycles. The first-order valence-electron chi connectivity index (χ1n) is 10.9. The number of ether oxygens (including phenoxy) is 2. The van der Waals surface area contributed by atoms with E-state index in [1.54, 1.807) is 0 Å². The lowest BCUT2D eigenvalue weighted by atomic mass is 9.90. The number of piperidine rings is 1. The third-order valence-corrected chi connectivity index (χ3v) is 6.35. The maximum absolute atomic E-state index is 6.27. The lowest BCUT2D eigenvalue weighted by molar-refractivity contribution is 0.166. The quantitative estimate of drug-likeness (QED) is 0.746. The van der Waals surface area contributed by atoms with E-state index in [1.165, 1.54) is 54.8 Å². The molecule has 0 aromatic heterocycles. The van der Waals surface area contributed by atoms with Gasteiger partial charge in [-0.05, 0) is 82.9 Å². The zero-order valence-corrected chi connectivity index (χ0v) is 17.5. The predicted molar refractivity (Wildman–Crippen MR) is 113 cm³/mol. The number of hydrogen-bond acceptors (Lipinski definition) is 5. The van der Waals surface area contributed by atoms with Crippen molar-refractivity contribution in [2.24, 2.45) is 16.8 Å². The molecule has 1 atom stereocenters. The van der Waals surface area contributed by atoms with Crippen LogP contribution in [0.4, 0.5) is 0 Å². The summed E-state index contributed by atoms with van der Waals surface area (Å²) < 4.78 is 11.8. The number of aliphatic imine (C=N–C) groups is 1. The van der Waals surface area contributed by atoms with Gasteiger partial charge in [0.05, 0.1) is 19.8 Å². The van der Waals surface area contributed by atoms with Crippen LogP contribution in [0.25, 0.3) is 0 Å². The predicted octanol–water partition coefficient (Wildman–Crippen LogP) is 3.25. The number of nitrogens with one attached hydrogen (secondary N) is 1. The Hall–Kier alpha value is -1.43. The molecule has 0 bridgehead atoms. The molecule has 5 heteroatoms. The minimum Gasteiger partial charge on any atom is -0.493 e. The summed E-state index contributed by atoms with van der Waals surface area (Å²) in [5.74, 6) is 2.41. The number of benzene rings is 1. The van der Waals surface area contributed by atoms with E-state index in [0.29, 0.717) is 5.92 Å². The average Bonchev–Trinajstić information content (AvgIpc) is 3.36. The van der Waals surface area contributed by atoms with Gasteiger partial charge in [0, 0.05) is 35.9 Å². The van der Waals surface area contributed by atoms with E-state index in [0.717, 1.165) is 57.4 Å². The highest BCUT2D eigenvalue weighted by atomic mass is 16.5. The van der Waals surface area contributed by atoms with E-state index in [4.69, 9.17) is 14.5 Å². The molecule has 1 unspecified atom stereocenters. The average molecular weight is 386 g/mol. The molecule has 1 aromatic carbocycles. The van der Waals surface area contributed by atoms with Crippen LogP contribution in [0.1, 0.15) is 48.8 Å². The van der Waals surface area contributed by atoms with Gasteiger partial charge in [-0.1, -0.05) is 0 Å². The minimum absolute atomic E-state index is 0.525. The fourth-order valence-electron chi connectivity index (χ4n) is 4.65. The Kier molecular flexibility index (Phi) is 6.65. The third-order valence-electron chi connectivity index (χ3n) is 6.35. The Morgan fingerprint density at radius 1 is 1.18 bits per heavy atom. The molecule has 2 fully saturated rings. The maximum atomic E-state index is 6.27. The van der Waals surface area contributed by atoms with Crippen LogP contribution in [0.2, 0.25) is 0 Å². The second kappa shape index (κ2) is 9.38. The van der Waals surface area contributed by atoms with Crippen LogP contribution in [-0.4, -0.2) is 57.6 Å². The van der Waals surface area contributed by atoms with Crippen LogP contribution in [-0.2, 0) is 17.8 Å². The second-order valence-corrected chi connectivity index (χ2v) is 8.84. The normalized spacial score (nSPS) is 22.5. The van der Waals surface area contributed by atoms with Gasteiger partial charge >= 0.3 is 0 Å². The number of hydrogen-bond donors (Lipinski definition) is 1. The molecule has 1 aromatic rings. The van der Waals surface area contributed by atoms with Gasteiger partial charge in [0.2, 0.25) is 0 Å². The van der Waals surface area contributed by atoms with Gasteiger partial charge in [0.25, 0.3) is 0 Å². The van der Waals surface area contributed by atoms with Crippen LogP contribution >= 0.6 is 0 Å². The molecule has 0 amide bonds. The van der Waals surface area contributed by atoms with Gasteiger partial charge in [0.1, 0.15) is 5.75 Å². The van der Waals surface area contributed by atoms with Crippen molar-refractivity contribution in [2.45, 2.75) is 45.2 Å². The van der Waals surface area contributed by atoms with E-state index < -0.39 is 0 Å². The zero-order chi connectivity index (χ0) is 19.3. The van der Waals surface area contributed by atoms with E-state index in [2.05, 4.69) is 36.4 Å². The van der Waals surface area contributed by atoms with Gasteiger partial charge in [-0.15, -0.1) is 0 Å². The SMILES string of the molecule is CN(C)Cc1c(OCC2CCOC2)ccc2c1CN=C2CCC1CCNCC1. The molecule has 0 aliphatic carbocycles. The van der Waals surface area contributed by atoms with Crippen molar-refractivity contribution in [1.82, 2.24) is 10.2 Å². The molecular formula is C23H35N3O2. The monoisotopic (exact) mass is 385 g/mol. The first-order chi connectivity index (χ1) is 13.7. The first-order valence-corrected chi connectivity index (χ1v) is 10.9. The Balaban J connectivity index is 1.45. The van der Waals surface area contributed by atoms with E-state index >= 15 is 0 Å². The van der Waals surface area contributed by atoms with Gasteiger partial charge in [-0.2, -0.15) is 0 Å². The van der Waals surface area contributed by atoms with Crippen molar-refractivity contribution in [1.29, 1.82) is 0 Å². The summed E-state index contributed by atoms with van der Waals surface area (Å²) in [6.45, 7) is 6.51. The van der Waals surface area contributed by atoms with E-state index in [9.17, 15) is 0 Å². The van der Waals surface area contributed by atoms with Crippen LogP contribution in [0, 0.1) is 11.8 Å². The molecule has 5 nitrogen and oxygen atoms in total. The fourth-order valence-corrected chi connectivity index (χ4v) is 4.65. The van der Waals surface area contributed by atoms with Crippen molar-refractivity contribution in [3.63, 3.8) is 0 Å². The highest BCUT2D eigenvalue weighted by Gasteiger charge is 2.24. The highest BCUT2D eigenvalue weighted by molar-refractivity contribution is 6.04. The van der Waals surface area contributed by atoms with Crippen molar-refractivity contribution < 1.29 is 9.47 Å². The lowest BCUT2D eigenvalue weighted by Gasteiger charge is -2.22. The molecule has 0 radical (unpaired) electrons. The summed E-state index contributed by atoms with van der Waals surface area (Å²) in [5, 5.41) is 3.47. The van der Waals surface area contributed by atoms with Crippen molar-refractivity contribution in [3.8, 4) is 5.75 Å². The molecule has 2 saturated heterocycles. The molecule has 0 spiro atoms. The topological polar surface area (TPSA) is 46.1 Å². The molecule has 0 saturated carbocycles. The molecule has 4 rings (SSSR count). The summed E-state index contributed by atoms with van der Waals surface area (Å²) in [5.41, 5.74) is 5.38. The number of rotatable bonds is 8. The summed E-state index contributed by atoms with van der Waals surface area (Å²) >= 11 is 0. The maximum Gasteiger partial charge on any atom is 0.124 e. The molecule has 3 aliphatic rings. The van der Waals surface area contributed by atoms with Crippen molar-refractivity contribution in [3.05, 3.63) is 28.8 Å². The highest BCUT2D eigenvalue weighted by Crippen LogP contribution is 2.33. The summed E-state index contributed by atoms with van der Waals surface area (Å²) in [4.78, 5) is 7.17. The van der Waals surface area contributed by atoms with Crippen LogP contribution in [0.3, 0.4) is 0 Å². The Morgan fingerprint density at radius 2 is 2.04 bits per heavy atom. The van der Waals surface area contributed by atoms with Gasteiger partial charge in [-0.25, -0.2) is 0 Å². The summed E-state index contributed by atoms with van der Waals surface area (Å²) in [6.07, 6.45) is 6.10. The van der Waals surface area contributed by atoms with E-state index in [-0.39, 0.29) is 0 Å². The van der Waals surface area contributed by atoms with Gasteiger partial charge in [0.15, 0.2) is 0 Å². The van der Waals surface area contributed by atoms with E-state index in [1.807, 2.05) is 0 Å². The number of fused-ring (bicyclic) bond motifs is 1. The molecule has 28 heavy (non-hydrogen) atoms. The smallest absolute Gasteiger partial charge is 0.124 e. The van der Waals surface area contributed by atoms with Gasteiger partial charge in [-0.3, -0.25) is 4.99 Å². The van der Waals surface area contributed by atoms with Gasteiger partial charge < -0.3 is 19.7 Å². The molecular weight excluding hydrogens is 350 g/mol. The first kappa shape index (κ1) is 19.9. The van der Waals surface area contributed by atoms with Crippen molar-refractivity contribution in [2.75, 3.05) is 47.0 Å². The fraction of sp³-hybridized carbons (Fsp3) is 0.696. The second-order valence-electron chi connectivity index (χ2n) is 8.84. The molecule has 154 valence electrons. The Bertz CT molecular complexity index is 689. The lowest BCUT2D eigenvalue weighted by Crippen LogP contribution is -2.28. The Labute approximate surface area is 169 Å². The summed E-state index contributed by atoms with van der Waals surface area (Å²) in [6, 6.07) is 4.43. The Morgan fingerprint density at radius 3 is 2.79 bits per heavy atom. The molecule has 3 heterocycles. The van der Waals surface area contributed by atoms with Crippen LogP contribution in [0.15, 0.2) is 17.1 Å². The standard InChI is InChI=1S/C23H35N3O2/c1-26(2)14-21-20-13-25-22(5-3-17-7-10-24-11-8-17)19(20)4-6-23(21)28-16-18-9-12-27-15-18/h4,6,17-18,24H,3,5,7-16H2,1-2H3. The summed E-state index contributed by atoms with van der Waals surface area (Å²) in [7, 11) is 4.25. The minimum atomic E-state index is 0.525. The van der Waals surface area contributed by atoms with Crippen molar-refractivity contribution >= 4 is 5.71 Å². The molecule has 1 N–H and O–H groups in total. The largest absolute Gasteiger partial charge is 0.493 e. The third kappa shape index (κ3) is 4.76. The van der Waals surface area contributed by atoms with Crippen LogP contribution in [0.5, 0.6) is 5.75 Å².